The molecule has 3 aromatic rings. The number of rotatable bonds is 8. The number of aromatic amines is 2. The average molecular weight is 342 g/mol. The first-order chi connectivity index (χ1) is 12.2. The van der Waals surface area contributed by atoms with Gasteiger partial charge in [0.05, 0.1) is 13.2 Å². The Bertz CT molecular complexity index is 832. The van der Waals surface area contributed by atoms with Crippen LogP contribution in [-0.2, 0) is 9.47 Å². The summed E-state index contributed by atoms with van der Waals surface area (Å²) in [6, 6.07) is 5.80. The van der Waals surface area contributed by atoms with Gasteiger partial charge in [0.1, 0.15) is 11.3 Å². The van der Waals surface area contributed by atoms with Crippen molar-refractivity contribution in [1.29, 1.82) is 0 Å². The highest BCUT2D eigenvalue weighted by molar-refractivity contribution is 5.97. The molecule has 7 heteroatoms. The molecule has 0 atom stereocenters. The van der Waals surface area contributed by atoms with E-state index in [9.17, 15) is 4.79 Å². The Labute approximate surface area is 146 Å². The summed E-state index contributed by atoms with van der Waals surface area (Å²) in [4.78, 5) is 25.0. The predicted molar refractivity (Wildman–Crippen MR) is 95.5 cm³/mol. The summed E-state index contributed by atoms with van der Waals surface area (Å²) >= 11 is 0. The molecule has 3 heterocycles. The number of nitrogens with zero attached hydrogens (tertiary/aromatic N) is 2. The first-order valence-electron chi connectivity index (χ1n) is 8.12. The summed E-state index contributed by atoms with van der Waals surface area (Å²) in [6.45, 7) is 2.00. The van der Waals surface area contributed by atoms with Gasteiger partial charge in [-0.2, -0.15) is 0 Å². The fraction of sp³-hybridized carbons (Fsp3) is 0.333. The number of hydrogen-bond donors (Lipinski definition) is 2. The Kier molecular flexibility index (Phi) is 5.47. The lowest BCUT2D eigenvalue weighted by molar-refractivity contribution is 0.0622. The van der Waals surface area contributed by atoms with Gasteiger partial charge in [-0.3, -0.25) is 4.79 Å². The van der Waals surface area contributed by atoms with Crippen LogP contribution in [0.2, 0.25) is 0 Å². The van der Waals surface area contributed by atoms with Gasteiger partial charge in [0.25, 0.3) is 5.91 Å². The zero-order valence-corrected chi connectivity index (χ0v) is 14.4. The van der Waals surface area contributed by atoms with Crippen molar-refractivity contribution in [3.8, 4) is 11.1 Å². The number of fused-ring (bicyclic) bond motifs is 1. The van der Waals surface area contributed by atoms with Crippen molar-refractivity contribution in [3.05, 3.63) is 42.5 Å². The Morgan fingerprint density at radius 3 is 2.64 bits per heavy atom. The first-order valence-corrected chi connectivity index (χ1v) is 8.12. The van der Waals surface area contributed by atoms with E-state index in [1.165, 1.54) is 0 Å². The lowest BCUT2D eigenvalue weighted by Gasteiger charge is -2.21. The van der Waals surface area contributed by atoms with Gasteiger partial charge in [-0.05, 0) is 23.8 Å². The summed E-state index contributed by atoms with van der Waals surface area (Å²) in [6.07, 6.45) is 5.46. The van der Waals surface area contributed by atoms with E-state index in [-0.39, 0.29) is 5.91 Å². The van der Waals surface area contributed by atoms with Crippen molar-refractivity contribution in [2.45, 2.75) is 0 Å². The molecule has 25 heavy (non-hydrogen) atoms. The zero-order valence-electron chi connectivity index (χ0n) is 14.4. The number of amides is 1. The van der Waals surface area contributed by atoms with Gasteiger partial charge in [-0.25, -0.2) is 4.98 Å². The standard InChI is InChI=1S/C18H22N4O3/c1-24-9-7-22(8-10-25-2)18(23)16-11-13(12-21-16)14-3-5-19-17-15(14)4-6-20-17/h3-6,11-12,21H,7-10H2,1-2H3,(H,19,20). The molecule has 0 saturated heterocycles. The minimum Gasteiger partial charge on any atom is -0.383 e. The Morgan fingerprint density at radius 2 is 1.92 bits per heavy atom. The molecular weight excluding hydrogens is 320 g/mol. The maximum Gasteiger partial charge on any atom is 0.270 e. The fourth-order valence-electron chi connectivity index (χ4n) is 2.77. The van der Waals surface area contributed by atoms with E-state index in [1.807, 2.05) is 30.6 Å². The second-order valence-electron chi connectivity index (χ2n) is 5.68. The van der Waals surface area contributed by atoms with Crippen LogP contribution < -0.4 is 0 Å². The van der Waals surface area contributed by atoms with Crippen molar-refractivity contribution in [1.82, 2.24) is 19.9 Å². The summed E-state index contributed by atoms with van der Waals surface area (Å²) in [5.41, 5.74) is 3.35. The highest BCUT2D eigenvalue weighted by Crippen LogP contribution is 2.27. The number of aromatic nitrogens is 3. The number of carbonyl (C=O) groups is 1. The molecule has 0 unspecified atom stereocenters. The number of methoxy groups -OCH3 is 2. The van der Waals surface area contributed by atoms with Crippen LogP contribution in [0, 0.1) is 0 Å². The minimum atomic E-state index is -0.0697. The molecule has 0 fully saturated rings. The monoisotopic (exact) mass is 342 g/mol. The van der Waals surface area contributed by atoms with Crippen LogP contribution in [0.4, 0.5) is 0 Å². The van der Waals surface area contributed by atoms with E-state index in [0.717, 1.165) is 22.2 Å². The largest absolute Gasteiger partial charge is 0.383 e. The van der Waals surface area contributed by atoms with Crippen LogP contribution in [0.3, 0.4) is 0 Å². The van der Waals surface area contributed by atoms with E-state index in [0.29, 0.717) is 32.0 Å². The lowest BCUT2D eigenvalue weighted by atomic mass is 10.1. The number of H-pyrrole nitrogens is 2. The summed E-state index contributed by atoms with van der Waals surface area (Å²) in [5.74, 6) is -0.0697. The molecule has 0 bridgehead atoms. The second-order valence-corrected chi connectivity index (χ2v) is 5.68. The van der Waals surface area contributed by atoms with Crippen molar-refractivity contribution in [2.75, 3.05) is 40.5 Å². The van der Waals surface area contributed by atoms with Gasteiger partial charge in [0.15, 0.2) is 0 Å². The molecular formula is C18H22N4O3. The van der Waals surface area contributed by atoms with Crippen LogP contribution in [0.1, 0.15) is 10.5 Å². The number of pyridine rings is 1. The quantitative estimate of drug-likeness (QED) is 0.658. The molecule has 0 aliphatic heterocycles. The number of ether oxygens (including phenoxy) is 2. The van der Waals surface area contributed by atoms with E-state index >= 15 is 0 Å². The van der Waals surface area contributed by atoms with Gasteiger partial charge in [-0.1, -0.05) is 0 Å². The van der Waals surface area contributed by atoms with Crippen LogP contribution in [0.15, 0.2) is 36.8 Å². The maximum absolute atomic E-state index is 12.8. The van der Waals surface area contributed by atoms with Gasteiger partial charge >= 0.3 is 0 Å². The van der Waals surface area contributed by atoms with Gasteiger partial charge in [0, 0.05) is 56.8 Å². The Hall–Kier alpha value is -2.64. The van der Waals surface area contributed by atoms with Crippen molar-refractivity contribution >= 4 is 16.9 Å². The third-order valence-corrected chi connectivity index (χ3v) is 4.10. The molecule has 3 aromatic heterocycles. The van der Waals surface area contributed by atoms with E-state index in [1.54, 1.807) is 25.3 Å². The molecule has 0 aliphatic rings. The molecule has 0 aromatic carbocycles. The molecule has 3 rings (SSSR count). The van der Waals surface area contributed by atoms with Crippen molar-refractivity contribution < 1.29 is 14.3 Å². The number of carbonyl (C=O) groups excluding carboxylic acids is 1. The SMILES string of the molecule is COCCN(CCOC)C(=O)c1cc(-c2ccnc3[nH]ccc23)c[nH]1. The van der Waals surface area contributed by atoms with E-state index < -0.39 is 0 Å². The highest BCUT2D eigenvalue weighted by Gasteiger charge is 2.18. The summed E-state index contributed by atoms with van der Waals surface area (Å²) < 4.78 is 10.2. The minimum absolute atomic E-state index is 0.0697. The molecule has 0 spiro atoms. The Morgan fingerprint density at radius 1 is 1.16 bits per heavy atom. The third kappa shape index (κ3) is 3.72. The van der Waals surface area contributed by atoms with Crippen LogP contribution >= 0.6 is 0 Å². The summed E-state index contributed by atoms with van der Waals surface area (Å²) in [7, 11) is 3.24. The first kappa shape index (κ1) is 17.2. The van der Waals surface area contributed by atoms with Crippen molar-refractivity contribution in [3.63, 3.8) is 0 Å². The second kappa shape index (κ2) is 7.96. The lowest BCUT2D eigenvalue weighted by Crippen LogP contribution is -2.36. The van der Waals surface area contributed by atoms with Gasteiger partial charge in [-0.15, -0.1) is 0 Å². The number of nitrogens with one attached hydrogen (secondary N) is 2. The van der Waals surface area contributed by atoms with Gasteiger partial charge < -0.3 is 24.3 Å². The molecule has 0 saturated carbocycles. The fourth-order valence-corrected chi connectivity index (χ4v) is 2.77. The van der Waals surface area contributed by atoms with Crippen LogP contribution in [0.5, 0.6) is 0 Å². The van der Waals surface area contributed by atoms with E-state index in [4.69, 9.17) is 9.47 Å². The molecule has 7 nitrogen and oxygen atoms in total. The summed E-state index contributed by atoms with van der Waals surface area (Å²) in [5, 5.41) is 1.02. The molecule has 2 N–H and O–H groups in total. The van der Waals surface area contributed by atoms with Crippen LogP contribution in [-0.4, -0.2) is 66.3 Å². The van der Waals surface area contributed by atoms with Crippen molar-refractivity contribution in [2.24, 2.45) is 0 Å². The zero-order chi connectivity index (χ0) is 17.6. The topological polar surface area (TPSA) is 83.2 Å². The predicted octanol–water partition coefficient (Wildman–Crippen LogP) is 2.29. The molecule has 0 aliphatic carbocycles. The highest BCUT2D eigenvalue weighted by atomic mass is 16.5. The third-order valence-electron chi connectivity index (χ3n) is 4.10. The Balaban J connectivity index is 1.84. The smallest absolute Gasteiger partial charge is 0.270 e. The molecule has 0 radical (unpaired) electrons. The normalized spacial score (nSPS) is 11.1. The maximum atomic E-state index is 12.8. The van der Waals surface area contributed by atoms with Crippen LogP contribution in [0.25, 0.3) is 22.2 Å². The van der Waals surface area contributed by atoms with E-state index in [2.05, 4.69) is 15.0 Å². The van der Waals surface area contributed by atoms with Gasteiger partial charge in [0.2, 0.25) is 0 Å². The molecule has 132 valence electrons. The average Bonchev–Trinajstić information content (AvgIpc) is 3.30. The number of hydrogen-bond acceptors (Lipinski definition) is 4. The molecule has 1 amide bonds.